The highest BCUT2D eigenvalue weighted by Crippen LogP contribution is 2.22. The van der Waals surface area contributed by atoms with E-state index in [-0.39, 0.29) is 11.8 Å². The van der Waals surface area contributed by atoms with Crippen molar-refractivity contribution in [3.63, 3.8) is 0 Å². The molecule has 7 heteroatoms. The van der Waals surface area contributed by atoms with Crippen LogP contribution in [0, 0.1) is 0 Å². The van der Waals surface area contributed by atoms with Crippen LogP contribution in [0.1, 0.15) is 42.1 Å². The minimum atomic E-state index is -1.11. The number of carboxylic acids is 1. The van der Waals surface area contributed by atoms with Crippen molar-refractivity contribution in [2.45, 2.75) is 32.2 Å². The molecule has 0 aliphatic heterocycles. The first kappa shape index (κ1) is 21.0. The molecule has 0 spiro atoms. The molecule has 0 aliphatic rings. The molecule has 28 heavy (non-hydrogen) atoms. The first-order valence-corrected chi connectivity index (χ1v) is 8.87. The molecule has 2 amide bonds. The van der Waals surface area contributed by atoms with Gasteiger partial charge in [-0.05, 0) is 54.8 Å². The number of aliphatic carboxylic acids is 1. The van der Waals surface area contributed by atoms with Gasteiger partial charge in [-0.1, -0.05) is 19.1 Å². The van der Waals surface area contributed by atoms with E-state index in [0.717, 1.165) is 11.3 Å². The second-order valence-corrected chi connectivity index (χ2v) is 6.54. The third-order valence-corrected chi connectivity index (χ3v) is 4.33. The number of benzene rings is 2. The van der Waals surface area contributed by atoms with Gasteiger partial charge in [-0.2, -0.15) is 0 Å². The molecule has 3 N–H and O–H groups in total. The number of nitrogens with one attached hydrogen (secondary N) is 2. The highest BCUT2D eigenvalue weighted by atomic mass is 16.5. The maximum atomic E-state index is 12.3. The number of hydrogen-bond acceptors (Lipinski definition) is 4. The lowest BCUT2D eigenvalue weighted by Crippen LogP contribution is -2.38. The Morgan fingerprint density at radius 3 is 2.14 bits per heavy atom. The topological polar surface area (TPSA) is 105 Å². The van der Waals surface area contributed by atoms with Crippen LogP contribution in [0.25, 0.3) is 0 Å². The van der Waals surface area contributed by atoms with Gasteiger partial charge in [0.2, 0.25) is 5.91 Å². The Hall–Kier alpha value is -3.35. The second kappa shape index (κ2) is 9.55. The van der Waals surface area contributed by atoms with Gasteiger partial charge in [0, 0.05) is 17.7 Å². The van der Waals surface area contributed by atoms with Crippen LogP contribution in [0.15, 0.2) is 48.5 Å². The molecule has 2 atom stereocenters. The maximum Gasteiger partial charge on any atom is 0.325 e. The van der Waals surface area contributed by atoms with Gasteiger partial charge in [0.05, 0.1) is 7.11 Å². The van der Waals surface area contributed by atoms with Crippen LogP contribution in [0.4, 0.5) is 5.69 Å². The predicted molar refractivity (Wildman–Crippen MR) is 106 cm³/mol. The summed E-state index contributed by atoms with van der Waals surface area (Å²) in [6, 6.07) is 12.9. The van der Waals surface area contributed by atoms with Gasteiger partial charge in [-0.25, -0.2) is 0 Å². The molecule has 2 rings (SSSR count). The number of carbonyl (C=O) groups excluding carboxylic acids is 2. The van der Waals surface area contributed by atoms with Crippen molar-refractivity contribution in [3.05, 3.63) is 59.7 Å². The van der Waals surface area contributed by atoms with E-state index < -0.39 is 17.9 Å². The lowest BCUT2D eigenvalue weighted by molar-refractivity contribution is -0.138. The standard InChI is InChI=1S/C21H24N2O5/c1-13(15-6-10-18(28-3)11-7-15)12-19(24)23-17-8-4-16(5-9-17)20(25)22-14(2)21(26)27/h4-11,13-14H,12H2,1-3H3,(H,22,25)(H,23,24)(H,26,27). The molecular formula is C21H24N2O5. The lowest BCUT2D eigenvalue weighted by Gasteiger charge is -2.13. The quantitative estimate of drug-likeness (QED) is 0.649. The normalized spacial score (nSPS) is 12.5. The van der Waals surface area contributed by atoms with E-state index in [1.165, 1.54) is 19.1 Å². The Balaban J connectivity index is 1.91. The third-order valence-electron chi connectivity index (χ3n) is 4.33. The van der Waals surface area contributed by atoms with Gasteiger partial charge in [0.15, 0.2) is 0 Å². The third kappa shape index (κ3) is 5.84. The number of hydrogen-bond donors (Lipinski definition) is 3. The van der Waals surface area contributed by atoms with E-state index in [0.29, 0.717) is 17.7 Å². The molecule has 0 heterocycles. The summed E-state index contributed by atoms with van der Waals surface area (Å²) in [5.74, 6) is -0.931. The summed E-state index contributed by atoms with van der Waals surface area (Å²) < 4.78 is 5.13. The van der Waals surface area contributed by atoms with Crippen LogP contribution in [-0.2, 0) is 9.59 Å². The number of carboxylic acid groups (broad SMARTS) is 1. The fraction of sp³-hybridized carbons (Fsp3) is 0.286. The number of methoxy groups -OCH3 is 1. The number of ether oxygens (including phenoxy) is 1. The van der Waals surface area contributed by atoms with Gasteiger partial charge in [0.1, 0.15) is 11.8 Å². The van der Waals surface area contributed by atoms with Gasteiger partial charge in [0.25, 0.3) is 5.91 Å². The molecule has 0 aromatic heterocycles. The highest BCUT2D eigenvalue weighted by Gasteiger charge is 2.16. The minimum absolute atomic E-state index is 0.0356. The molecule has 148 valence electrons. The van der Waals surface area contributed by atoms with E-state index in [9.17, 15) is 14.4 Å². The molecular weight excluding hydrogens is 360 g/mol. The minimum Gasteiger partial charge on any atom is -0.497 e. The first-order chi connectivity index (χ1) is 13.3. The van der Waals surface area contributed by atoms with Gasteiger partial charge in [-0.3, -0.25) is 14.4 Å². The van der Waals surface area contributed by atoms with E-state index in [1.807, 2.05) is 31.2 Å². The highest BCUT2D eigenvalue weighted by molar-refractivity contribution is 5.97. The zero-order valence-corrected chi connectivity index (χ0v) is 16.1. The van der Waals surface area contributed by atoms with E-state index in [4.69, 9.17) is 9.84 Å². The zero-order chi connectivity index (χ0) is 20.7. The number of anilines is 1. The first-order valence-electron chi connectivity index (χ1n) is 8.87. The van der Waals surface area contributed by atoms with Crippen molar-refractivity contribution in [3.8, 4) is 5.75 Å². The van der Waals surface area contributed by atoms with E-state index in [1.54, 1.807) is 19.2 Å². The van der Waals surface area contributed by atoms with Gasteiger partial charge < -0.3 is 20.5 Å². The Morgan fingerprint density at radius 1 is 1.00 bits per heavy atom. The van der Waals surface area contributed by atoms with Crippen molar-refractivity contribution in [2.24, 2.45) is 0 Å². The van der Waals surface area contributed by atoms with Crippen LogP contribution in [0.3, 0.4) is 0 Å². The number of carbonyl (C=O) groups is 3. The summed E-state index contributed by atoms with van der Waals surface area (Å²) in [7, 11) is 1.60. The van der Waals surface area contributed by atoms with Gasteiger partial charge >= 0.3 is 5.97 Å². The number of amides is 2. The zero-order valence-electron chi connectivity index (χ0n) is 16.1. The van der Waals surface area contributed by atoms with Crippen LogP contribution < -0.4 is 15.4 Å². The maximum absolute atomic E-state index is 12.3. The van der Waals surface area contributed by atoms with Crippen molar-refractivity contribution in [1.29, 1.82) is 0 Å². The molecule has 0 fully saturated rings. The molecule has 0 saturated carbocycles. The van der Waals surface area contributed by atoms with Crippen LogP contribution in [0.2, 0.25) is 0 Å². The summed E-state index contributed by atoms with van der Waals surface area (Å²) >= 11 is 0. The predicted octanol–water partition coefficient (Wildman–Crippen LogP) is 3.03. The number of rotatable bonds is 8. The molecule has 2 aromatic rings. The van der Waals surface area contributed by atoms with Crippen molar-refractivity contribution in [2.75, 3.05) is 12.4 Å². The summed E-state index contributed by atoms with van der Waals surface area (Å²) in [6.45, 7) is 3.36. The summed E-state index contributed by atoms with van der Waals surface area (Å²) in [6.07, 6.45) is 0.310. The smallest absolute Gasteiger partial charge is 0.325 e. The molecule has 0 bridgehead atoms. The Labute approximate surface area is 163 Å². The second-order valence-electron chi connectivity index (χ2n) is 6.54. The van der Waals surface area contributed by atoms with Crippen LogP contribution in [0.5, 0.6) is 5.75 Å². The molecule has 0 saturated heterocycles. The monoisotopic (exact) mass is 384 g/mol. The van der Waals surface area contributed by atoms with Crippen molar-refractivity contribution >= 4 is 23.5 Å². The summed E-state index contributed by atoms with van der Waals surface area (Å²) in [4.78, 5) is 35.0. The van der Waals surface area contributed by atoms with E-state index in [2.05, 4.69) is 10.6 Å². The molecule has 0 radical (unpaired) electrons. The SMILES string of the molecule is COc1ccc(C(C)CC(=O)Nc2ccc(C(=O)NC(C)C(=O)O)cc2)cc1. The Kier molecular flexibility index (Phi) is 7.14. The van der Waals surface area contributed by atoms with Crippen molar-refractivity contribution < 1.29 is 24.2 Å². The summed E-state index contributed by atoms with van der Waals surface area (Å²) in [5.41, 5.74) is 1.92. The largest absolute Gasteiger partial charge is 0.497 e. The van der Waals surface area contributed by atoms with Gasteiger partial charge in [-0.15, -0.1) is 0 Å². The Bertz CT molecular complexity index is 831. The molecule has 2 unspecified atom stereocenters. The molecule has 0 aliphatic carbocycles. The lowest BCUT2D eigenvalue weighted by atomic mass is 9.97. The molecule has 7 nitrogen and oxygen atoms in total. The van der Waals surface area contributed by atoms with Crippen LogP contribution >= 0.6 is 0 Å². The van der Waals surface area contributed by atoms with Crippen molar-refractivity contribution in [1.82, 2.24) is 5.32 Å². The Morgan fingerprint density at radius 2 is 1.61 bits per heavy atom. The fourth-order valence-corrected chi connectivity index (χ4v) is 2.59. The average molecular weight is 384 g/mol. The fourth-order valence-electron chi connectivity index (χ4n) is 2.59. The summed E-state index contributed by atoms with van der Waals surface area (Å²) in [5, 5.41) is 14.0. The van der Waals surface area contributed by atoms with Crippen LogP contribution in [-0.4, -0.2) is 36.0 Å². The average Bonchev–Trinajstić information content (AvgIpc) is 2.68. The van der Waals surface area contributed by atoms with E-state index >= 15 is 0 Å². The molecule has 2 aromatic carbocycles.